The van der Waals surface area contributed by atoms with E-state index in [0.29, 0.717) is 69.3 Å². The highest BCUT2D eigenvalue weighted by molar-refractivity contribution is 5.75. The average Bonchev–Trinajstić information content (AvgIpc) is 3.40. The molecule has 1 aliphatic rings. The Morgan fingerprint density at radius 3 is 2.39 bits per heavy atom. The van der Waals surface area contributed by atoms with Crippen LogP contribution in [0.5, 0.6) is 11.5 Å². The Labute approximate surface area is 268 Å². The first-order valence-electron chi connectivity index (χ1n) is 15.7. The predicted octanol–water partition coefficient (Wildman–Crippen LogP) is 5.96. The molecule has 0 spiro atoms. The zero-order valence-corrected chi connectivity index (χ0v) is 26.7. The van der Waals surface area contributed by atoms with Crippen molar-refractivity contribution in [1.82, 2.24) is 15.0 Å². The molecule has 5 rings (SSSR count). The zero-order chi connectivity index (χ0) is 32.4. The molecule has 0 aliphatic carbocycles. The van der Waals surface area contributed by atoms with Crippen LogP contribution in [0.2, 0.25) is 0 Å². The molecule has 2 atom stereocenters. The van der Waals surface area contributed by atoms with Crippen molar-refractivity contribution >= 4 is 17.2 Å². The maximum atomic E-state index is 12.4. The number of nitrogens with zero attached hydrogens (tertiary/aromatic N) is 1. The fourth-order valence-electron chi connectivity index (χ4n) is 5.28. The fourth-order valence-corrected chi connectivity index (χ4v) is 5.28. The van der Waals surface area contributed by atoms with Gasteiger partial charge in [0.15, 0.2) is 0 Å². The molecule has 4 aromatic rings. The molecule has 246 valence electrons. The molecule has 11 heteroatoms. The second-order valence-electron chi connectivity index (χ2n) is 12.2. The molecule has 1 aromatic heterocycles. The first kappa shape index (κ1) is 33.1. The number of nitrogens with one attached hydrogen (secondary N) is 2. The molecular weight excluding hydrogens is 590 g/mol. The van der Waals surface area contributed by atoms with Gasteiger partial charge in [-0.05, 0) is 62.6 Å². The van der Waals surface area contributed by atoms with E-state index in [-0.39, 0.29) is 17.7 Å². The number of benzene rings is 3. The van der Waals surface area contributed by atoms with Crippen LogP contribution in [-0.4, -0.2) is 72.4 Å². The van der Waals surface area contributed by atoms with Crippen molar-refractivity contribution in [2.75, 3.05) is 39.5 Å². The van der Waals surface area contributed by atoms with Crippen LogP contribution in [0.3, 0.4) is 0 Å². The summed E-state index contributed by atoms with van der Waals surface area (Å²) in [5.41, 5.74) is 2.74. The van der Waals surface area contributed by atoms with Gasteiger partial charge >= 0.3 is 11.8 Å². The number of imidazole rings is 1. The first-order chi connectivity index (χ1) is 22.2. The summed E-state index contributed by atoms with van der Waals surface area (Å²) in [6.45, 7) is 8.71. The third-order valence-electron chi connectivity index (χ3n) is 7.41. The molecule has 0 saturated carbocycles. The Balaban J connectivity index is 1.13. The van der Waals surface area contributed by atoms with Crippen molar-refractivity contribution in [1.29, 1.82) is 0 Å². The molecule has 1 saturated heterocycles. The summed E-state index contributed by atoms with van der Waals surface area (Å²) in [5.74, 6) is 1.49. The highest BCUT2D eigenvalue weighted by Crippen LogP contribution is 2.32. The Hall–Kier alpha value is -4.32. The molecule has 2 heterocycles. The van der Waals surface area contributed by atoms with Gasteiger partial charge in [-0.3, -0.25) is 0 Å². The molecule has 46 heavy (non-hydrogen) atoms. The highest BCUT2D eigenvalue weighted by atomic mass is 16.8. The summed E-state index contributed by atoms with van der Waals surface area (Å²) in [5, 5.41) is 1.60. The van der Waals surface area contributed by atoms with Gasteiger partial charge < -0.3 is 38.5 Å². The predicted molar refractivity (Wildman–Crippen MR) is 173 cm³/mol. The number of aromatic amines is 2. The maximum Gasteiger partial charge on any atom is 0.528 e. The number of hydrogen-bond donors (Lipinski definition) is 2. The second kappa shape index (κ2) is 15.8. The normalized spacial score (nSPS) is 17.1. The lowest BCUT2D eigenvalue weighted by molar-refractivity contribution is -0.178. The Kier molecular flexibility index (Phi) is 11.4. The molecule has 0 bridgehead atoms. The van der Waals surface area contributed by atoms with E-state index in [1.807, 2.05) is 30.3 Å². The third-order valence-corrected chi connectivity index (χ3v) is 7.41. The highest BCUT2D eigenvalue weighted by Gasteiger charge is 2.34. The summed E-state index contributed by atoms with van der Waals surface area (Å²) in [7, 11) is 0. The van der Waals surface area contributed by atoms with Crippen molar-refractivity contribution in [3.8, 4) is 11.5 Å². The molecule has 2 N–H and O–H groups in total. The lowest BCUT2D eigenvalue weighted by Crippen LogP contribution is -2.46. The van der Waals surface area contributed by atoms with Gasteiger partial charge in [-0.15, -0.1) is 5.06 Å². The van der Waals surface area contributed by atoms with Gasteiger partial charge in [0.05, 0.1) is 50.1 Å². The fraction of sp³-hybridized carbons (Fsp3) is 0.429. The number of ether oxygens (including phenoxy) is 5. The van der Waals surface area contributed by atoms with E-state index < -0.39 is 11.8 Å². The number of rotatable bonds is 14. The summed E-state index contributed by atoms with van der Waals surface area (Å²) >= 11 is 0. The van der Waals surface area contributed by atoms with E-state index in [0.717, 1.165) is 23.3 Å². The largest absolute Gasteiger partial charge is 0.528 e. The number of fused-ring (bicyclic) bond motifs is 1. The lowest BCUT2D eigenvalue weighted by Gasteiger charge is -2.37. The molecule has 1 aliphatic heterocycles. The number of piperidine rings is 1. The number of H-pyrrole nitrogens is 2. The zero-order valence-electron chi connectivity index (χ0n) is 26.7. The van der Waals surface area contributed by atoms with E-state index in [4.69, 9.17) is 28.5 Å². The van der Waals surface area contributed by atoms with Crippen molar-refractivity contribution < 1.29 is 33.3 Å². The molecule has 2 unspecified atom stereocenters. The maximum absolute atomic E-state index is 12.4. The van der Waals surface area contributed by atoms with E-state index in [1.165, 1.54) is 0 Å². The van der Waals surface area contributed by atoms with Gasteiger partial charge in [-0.2, -0.15) is 0 Å². The van der Waals surface area contributed by atoms with Crippen molar-refractivity contribution in [2.24, 2.45) is 0 Å². The Bertz CT molecular complexity index is 1580. The van der Waals surface area contributed by atoms with Gasteiger partial charge in [-0.1, -0.05) is 42.5 Å². The summed E-state index contributed by atoms with van der Waals surface area (Å²) in [6.07, 6.45) is 0.500. The van der Waals surface area contributed by atoms with Crippen LogP contribution in [0.1, 0.15) is 50.7 Å². The second-order valence-corrected chi connectivity index (χ2v) is 12.2. The van der Waals surface area contributed by atoms with Gasteiger partial charge in [0, 0.05) is 24.9 Å². The van der Waals surface area contributed by atoms with E-state index >= 15 is 0 Å². The van der Waals surface area contributed by atoms with Crippen LogP contribution < -0.4 is 15.2 Å². The first-order valence-corrected chi connectivity index (χ1v) is 15.7. The monoisotopic (exact) mass is 633 g/mol. The third kappa shape index (κ3) is 10.1. The molecule has 0 radical (unpaired) electrons. The van der Waals surface area contributed by atoms with Crippen molar-refractivity contribution in [3.05, 3.63) is 94.4 Å². The van der Waals surface area contributed by atoms with Crippen molar-refractivity contribution in [2.45, 2.75) is 57.8 Å². The van der Waals surface area contributed by atoms with E-state index in [1.54, 1.807) is 44.0 Å². The number of hydroxylamine groups is 2. The van der Waals surface area contributed by atoms with E-state index in [9.17, 15) is 9.59 Å². The topological polar surface area (TPSA) is 124 Å². The Morgan fingerprint density at radius 1 is 0.870 bits per heavy atom. The SMILES string of the molecule is CC(C)(C)OC(=O)ON1CCC(c2ccc(OCCCOCc3ccccc3)cc2)C(OCCOc2ccc3[nH]c(=O)[nH]c3c2)C1. The van der Waals surface area contributed by atoms with Gasteiger partial charge in [0.1, 0.15) is 23.7 Å². The van der Waals surface area contributed by atoms with Crippen LogP contribution >= 0.6 is 0 Å². The molecule has 3 aromatic carbocycles. The molecular formula is C35H43N3O8. The quantitative estimate of drug-likeness (QED) is 0.128. The van der Waals surface area contributed by atoms with Crippen LogP contribution in [0.4, 0.5) is 4.79 Å². The number of hydrogen-bond acceptors (Lipinski definition) is 9. The molecule has 11 nitrogen and oxygen atoms in total. The molecule has 0 amide bonds. The van der Waals surface area contributed by atoms with Crippen LogP contribution in [0.25, 0.3) is 11.0 Å². The number of carbonyl (C=O) groups is 1. The van der Waals surface area contributed by atoms with Crippen molar-refractivity contribution in [3.63, 3.8) is 0 Å². The smallest absolute Gasteiger partial charge is 0.494 e. The minimum Gasteiger partial charge on any atom is -0.494 e. The van der Waals surface area contributed by atoms with Crippen LogP contribution in [-0.2, 0) is 25.7 Å². The molecule has 1 fully saturated rings. The van der Waals surface area contributed by atoms with Crippen LogP contribution in [0.15, 0.2) is 77.6 Å². The minimum absolute atomic E-state index is 0.0696. The average molecular weight is 634 g/mol. The standard InChI is InChI=1S/C35H43N3O8/c1-35(2,3)45-34(40)46-38-17-16-29(32(23-38)44-21-20-43-28-14-15-30-31(22-28)37-33(39)36-30)26-10-12-27(13-11-26)42-19-7-18-41-24-25-8-5-4-6-9-25/h4-6,8-15,22,29,32H,7,16-21,23-24H2,1-3H3,(H2,36,37,39). The van der Waals surface area contributed by atoms with Gasteiger partial charge in [0.25, 0.3) is 0 Å². The van der Waals surface area contributed by atoms with Crippen LogP contribution in [0, 0.1) is 0 Å². The summed E-state index contributed by atoms with van der Waals surface area (Å²) < 4.78 is 29.3. The summed E-state index contributed by atoms with van der Waals surface area (Å²) in [6, 6.07) is 23.6. The Morgan fingerprint density at radius 2 is 1.61 bits per heavy atom. The van der Waals surface area contributed by atoms with Gasteiger partial charge in [0.2, 0.25) is 0 Å². The van der Waals surface area contributed by atoms with E-state index in [2.05, 4.69) is 34.2 Å². The number of aromatic nitrogens is 2. The lowest BCUT2D eigenvalue weighted by atomic mass is 9.87. The van der Waals surface area contributed by atoms with Gasteiger partial charge in [-0.25, -0.2) is 9.59 Å². The number of carbonyl (C=O) groups excluding carboxylic acids is 1. The minimum atomic E-state index is -0.738. The summed E-state index contributed by atoms with van der Waals surface area (Å²) in [4.78, 5) is 34.9.